The molecule has 1 aromatic heterocycles. The molecule has 0 bridgehead atoms. The van der Waals surface area contributed by atoms with E-state index in [1.165, 1.54) is 0 Å². The van der Waals surface area contributed by atoms with Gasteiger partial charge in [-0.3, -0.25) is 0 Å². The minimum atomic E-state index is 0.0872. The van der Waals surface area contributed by atoms with E-state index in [0.717, 1.165) is 0 Å². The van der Waals surface area contributed by atoms with Gasteiger partial charge in [-0.2, -0.15) is 0 Å². The molecule has 0 unspecified atom stereocenters. The molecule has 56 valence electrons. The maximum atomic E-state index is 8.54. The van der Waals surface area contributed by atoms with Crippen LogP contribution in [-0.4, -0.2) is 18.8 Å². The highest BCUT2D eigenvalue weighted by Gasteiger charge is 2.03. The molecule has 0 aromatic carbocycles. The third-order valence-electron chi connectivity index (χ3n) is 1.26. The second kappa shape index (κ2) is 3.27. The first-order chi connectivity index (χ1) is 4.88. The van der Waals surface area contributed by atoms with E-state index >= 15 is 0 Å². The third kappa shape index (κ3) is 1.30. The molecule has 1 rings (SSSR count). The molecule has 0 saturated heterocycles. The first-order valence-corrected chi connectivity index (χ1v) is 3.09. The molecule has 1 N–H and O–H groups in total. The summed E-state index contributed by atoms with van der Waals surface area (Å²) in [6.07, 6.45) is 2.06. The van der Waals surface area contributed by atoms with Crippen LogP contribution in [0, 0.1) is 0 Å². The van der Waals surface area contributed by atoms with Crippen molar-refractivity contribution in [2.75, 3.05) is 13.7 Å². The van der Waals surface area contributed by atoms with Gasteiger partial charge in [-0.15, -0.1) is 0 Å². The smallest absolute Gasteiger partial charge is 0.160 e. The molecule has 1 heterocycles. The fourth-order valence-corrected chi connectivity index (χ4v) is 0.795. The van der Waals surface area contributed by atoms with Crippen LogP contribution >= 0.6 is 0 Å². The zero-order chi connectivity index (χ0) is 7.40. The van der Waals surface area contributed by atoms with Crippen LogP contribution in [0.25, 0.3) is 0 Å². The largest absolute Gasteiger partial charge is 0.493 e. The molecule has 0 atom stereocenters. The van der Waals surface area contributed by atoms with E-state index in [-0.39, 0.29) is 6.61 Å². The molecule has 0 spiro atoms. The molecule has 0 radical (unpaired) electrons. The molecular formula is C7H10O3. The predicted octanol–water partition coefficient (Wildman–Crippen LogP) is 0.823. The lowest BCUT2D eigenvalue weighted by atomic mass is 10.3. The van der Waals surface area contributed by atoms with Gasteiger partial charge in [0.05, 0.1) is 20.0 Å². The number of rotatable bonds is 3. The van der Waals surface area contributed by atoms with Crippen molar-refractivity contribution in [3.8, 4) is 5.75 Å². The molecule has 0 aliphatic rings. The van der Waals surface area contributed by atoms with Gasteiger partial charge in [0.15, 0.2) is 5.75 Å². The summed E-state index contributed by atoms with van der Waals surface area (Å²) in [6, 6.07) is 1.73. The van der Waals surface area contributed by atoms with E-state index in [2.05, 4.69) is 0 Å². The normalized spacial score (nSPS) is 9.80. The highest BCUT2D eigenvalue weighted by molar-refractivity contribution is 5.24. The minimum absolute atomic E-state index is 0.0872. The molecule has 1 aromatic rings. The Bertz CT molecular complexity index is 192. The first kappa shape index (κ1) is 7.15. The van der Waals surface area contributed by atoms with Gasteiger partial charge in [-0.1, -0.05) is 0 Å². The van der Waals surface area contributed by atoms with Gasteiger partial charge in [0, 0.05) is 12.5 Å². The van der Waals surface area contributed by atoms with Crippen molar-refractivity contribution in [1.82, 2.24) is 0 Å². The molecule has 0 aliphatic heterocycles. The SMILES string of the molecule is COc1ccoc1CCO. The number of methoxy groups -OCH3 is 1. The Hall–Kier alpha value is -0.960. The second-order valence-electron chi connectivity index (χ2n) is 1.89. The van der Waals surface area contributed by atoms with Crippen LogP contribution < -0.4 is 4.74 Å². The summed E-state index contributed by atoms with van der Waals surface area (Å²) in [5, 5.41) is 8.54. The number of hydrogen-bond acceptors (Lipinski definition) is 3. The summed E-state index contributed by atoms with van der Waals surface area (Å²) in [6.45, 7) is 0.0872. The van der Waals surface area contributed by atoms with Gasteiger partial charge >= 0.3 is 0 Å². The van der Waals surface area contributed by atoms with Gasteiger partial charge in [0.1, 0.15) is 5.76 Å². The van der Waals surface area contributed by atoms with Gasteiger partial charge in [-0.05, 0) is 0 Å². The Morgan fingerprint density at radius 3 is 3.10 bits per heavy atom. The Morgan fingerprint density at radius 2 is 2.50 bits per heavy atom. The Morgan fingerprint density at radius 1 is 1.70 bits per heavy atom. The molecule has 0 fully saturated rings. The van der Waals surface area contributed by atoms with Crippen molar-refractivity contribution in [2.24, 2.45) is 0 Å². The molecule has 3 heteroatoms. The Labute approximate surface area is 59.2 Å². The zero-order valence-corrected chi connectivity index (χ0v) is 5.83. The summed E-state index contributed by atoms with van der Waals surface area (Å²) < 4.78 is 9.94. The number of hydrogen-bond donors (Lipinski definition) is 1. The number of aliphatic hydroxyl groups is 1. The fourth-order valence-electron chi connectivity index (χ4n) is 0.795. The van der Waals surface area contributed by atoms with Crippen molar-refractivity contribution < 1.29 is 14.3 Å². The lowest BCUT2D eigenvalue weighted by molar-refractivity contribution is 0.282. The van der Waals surface area contributed by atoms with E-state index in [1.54, 1.807) is 19.4 Å². The standard InChI is InChI=1S/C7H10O3/c1-9-6-3-5-10-7(6)2-4-8/h3,5,8H,2,4H2,1H3. The summed E-state index contributed by atoms with van der Waals surface area (Å²) >= 11 is 0. The van der Waals surface area contributed by atoms with E-state index in [1.807, 2.05) is 0 Å². The lowest BCUT2D eigenvalue weighted by Gasteiger charge is -1.96. The Kier molecular flexibility index (Phi) is 2.34. The summed E-state index contributed by atoms with van der Waals surface area (Å²) in [5.74, 6) is 1.40. The van der Waals surface area contributed by atoms with Crippen LogP contribution in [0.5, 0.6) is 5.75 Å². The van der Waals surface area contributed by atoms with Crippen molar-refractivity contribution in [3.63, 3.8) is 0 Å². The second-order valence-corrected chi connectivity index (χ2v) is 1.89. The van der Waals surface area contributed by atoms with Crippen LogP contribution in [0.1, 0.15) is 5.76 Å². The topological polar surface area (TPSA) is 42.6 Å². The Balaban J connectivity index is 2.70. The molecule has 10 heavy (non-hydrogen) atoms. The summed E-state index contributed by atoms with van der Waals surface area (Å²) in [4.78, 5) is 0. The van der Waals surface area contributed by atoms with Gasteiger partial charge in [0.2, 0.25) is 0 Å². The molecule has 0 amide bonds. The fraction of sp³-hybridized carbons (Fsp3) is 0.429. The third-order valence-corrected chi connectivity index (χ3v) is 1.26. The van der Waals surface area contributed by atoms with Gasteiger partial charge in [0.25, 0.3) is 0 Å². The van der Waals surface area contributed by atoms with Crippen LogP contribution in [-0.2, 0) is 6.42 Å². The molecule has 3 nitrogen and oxygen atoms in total. The predicted molar refractivity (Wildman–Crippen MR) is 36.0 cm³/mol. The van der Waals surface area contributed by atoms with Crippen LogP contribution in [0.4, 0.5) is 0 Å². The lowest BCUT2D eigenvalue weighted by Crippen LogP contribution is -1.91. The first-order valence-electron chi connectivity index (χ1n) is 3.09. The number of furan rings is 1. The summed E-state index contributed by atoms with van der Waals surface area (Å²) in [7, 11) is 1.58. The van der Waals surface area contributed by atoms with Crippen LogP contribution in [0.2, 0.25) is 0 Å². The van der Waals surface area contributed by atoms with Crippen molar-refractivity contribution >= 4 is 0 Å². The van der Waals surface area contributed by atoms with Crippen molar-refractivity contribution in [2.45, 2.75) is 6.42 Å². The van der Waals surface area contributed by atoms with E-state index in [9.17, 15) is 0 Å². The highest BCUT2D eigenvalue weighted by Crippen LogP contribution is 2.18. The van der Waals surface area contributed by atoms with Gasteiger partial charge < -0.3 is 14.3 Å². The molecular weight excluding hydrogens is 132 g/mol. The quantitative estimate of drug-likeness (QED) is 0.679. The zero-order valence-electron chi connectivity index (χ0n) is 5.83. The maximum absolute atomic E-state index is 8.54. The molecule has 0 saturated carbocycles. The van der Waals surface area contributed by atoms with E-state index in [4.69, 9.17) is 14.3 Å². The van der Waals surface area contributed by atoms with Crippen LogP contribution in [0.15, 0.2) is 16.7 Å². The maximum Gasteiger partial charge on any atom is 0.160 e. The summed E-state index contributed by atoms with van der Waals surface area (Å²) in [5.41, 5.74) is 0. The monoisotopic (exact) mass is 142 g/mol. The van der Waals surface area contributed by atoms with Crippen molar-refractivity contribution in [3.05, 3.63) is 18.1 Å². The van der Waals surface area contributed by atoms with E-state index < -0.39 is 0 Å². The molecule has 0 aliphatic carbocycles. The van der Waals surface area contributed by atoms with Crippen LogP contribution in [0.3, 0.4) is 0 Å². The average molecular weight is 142 g/mol. The van der Waals surface area contributed by atoms with Crippen molar-refractivity contribution in [1.29, 1.82) is 0 Å². The van der Waals surface area contributed by atoms with E-state index in [0.29, 0.717) is 17.9 Å². The highest BCUT2D eigenvalue weighted by atomic mass is 16.5. The minimum Gasteiger partial charge on any atom is -0.493 e. The number of aliphatic hydroxyl groups excluding tert-OH is 1. The van der Waals surface area contributed by atoms with Gasteiger partial charge in [-0.25, -0.2) is 0 Å². The number of ether oxygens (including phenoxy) is 1. The average Bonchev–Trinajstić information content (AvgIpc) is 2.36.